The molecule has 0 aliphatic heterocycles. The van der Waals surface area contributed by atoms with E-state index in [0.29, 0.717) is 17.0 Å². The molecule has 1 saturated carbocycles. The van der Waals surface area contributed by atoms with E-state index in [2.05, 4.69) is 16.0 Å². The Bertz CT molecular complexity index is 1570. The number of carbonyl (C=O) groups is 4. The number of carbonyl (C=O) groups excluding carboxylic acids is 4. The molecule has 0 aromatic heterocycles. The minimum Gasteiger partial charge on any atom is -0.496 e. The third-order valence-corrected chi connectivity index (χ3v) is 8.73. The van der Waals surface area contributed by atoms with E-state index in [0.717, 1.165) is 32.1 Å². The van der Waals surface area contributed by atoms with Gasteiger partial charge in [-0.15, -0.1) is 0 Å². The first kappa shape index (κ1) is 35.6. The van der Waals surface area contributed by atoms with Crippen molar-refractivity contribution in [1.82, 2.24) is 10.2 Å². The molecule has 1 aliphatic rings. The lowest BCUT2D eigenvalue weighted by Gasteiger charge is -2.38. The van der Waals surface area contributed by atoms with Gasteiger partial charge in [0.2, 0.25) is 0 Å². The zero-order valence-corrected chi connectivity index (χ0v) is 28.4. The molecule has 1 fully saturated rings. The van der Waals surface area contributed by atoms with Crippen molar-refractivity contribution in [3.8, 4) is 5.75 Å². The van der Waals surface area contributed by atoms with Crippen LogP contribution in [0.1, 0.15) is 72.2 Å². The summed E-state index contributed by atoms with van der Waals surface area (Å²) in [6, 6.07) is 14.8. The topological polar surface area (TPSA) is 126 Å². The van der Waals surface area contributed by atoms with E-state index in [1.54, 1.807) is 60.7 Å². The molecule has 0 spiro atoms. The fourth-order valence-electron chi connectivity index (χ4n) is 5.86. The molecular weight excluding hydrogens is 643 g/mol. The zero-order valence-electron chi connectivity index (χ0n) is 26.9. The molecule has 4 amide bonds. The maximum Gasteiger partial charge on any atom is 0.328 e. The number of hydrogen-bond acceptors (Lipinski definition) is 6. The molecule has 10 nitrogen and oxygen atoms in total. The van der Waals surface area contributed by atoms with Crippen molar-refractivity contribution in [3.63, 3.8) is 0 Å². The van der Waals surface area contributed by atoms with Crippen LogP contribution in [-0.4, -0.2) is 61.1 Å². The number of anilines is 2. The number of methoxy groups -OCH3 is 2. The predicted molar refractivity (Wildman–Crippen MR) is 184 cm³/mol. The third-order valence-electron chi connectivity index (χ3n) is 8.10. The Hall–Kier alpha value is -4.28. The summed E-state index contributed by atoms with van der Waals surface area (Å²) >= 11 is 12.3. The average molecular weight is 684 g/mol. The van der Waals surface area contributed by atoms with Gasteiger partial charge in [-0.1, -0.05) is 66.7 Å². The second-order valence-corrected chi connectivity index (χ2v) is 12.4. The Morgan fingerprint density at radius 3 is 2.09 bits per heavy atom. The third kappa shape index (κ3) is 8.96. The van der Waals surface area contributed by atoms with Gasteiger partial charge < -0.3 is 30.3 Å². The molecule has 3 aromatic rings. The van der Waals surface area contributed by atoms with Crippen LogP contribution >= 0.6 is 23.2 Å². The summed E-state index contributed by atoms with van der Waals surface area (Å²) in [5.74, 6) is -1.02. The lowest BCUT2D eigenvalue weighted by molar-refractivity contribution is -0.142. The number of amides is 4. The van der Waals surface area contributed by atoms with Crippen molar-refractivity contribution in [3.05, 3.63) is 87.4 Å². The Balaban J connectivity index is 1.48. The lowest BCUT2D eigenvalue weighted by atomic mass is 9.92. The van der Waals surface area contributed by atoms with Crippen LogP contribution in [-0.2, 0) is 16.0 Å². The molecule has 0 bridgehead atoms. The van der Waals surface area contributed by atoms with Gasteiger partial charge in [0.1, 0.15) is 17.4 Å². The molecule has 12 heteroatoms. The number of nitrogens with zero attached hydrogens (tertiary/aromatic N) is 1. The van der Waals surface area contributed by atoms with Crippen LogP contribution in [0.15, 0.2) is 60.7 Å². The van der Waals surface area contributed by atoms with Gasteiger partial charge in [0.25, 0.3) is 11.8 Å². The summed E-state index contributed by atoms with van der Waals surface area (Å²) in [6.07, 6.45) is 5.21. The van der Waals surface area contributed by atoms with E-state index in [9.17, 15) is 19.2 Å². The van der Waals surface area contributed by atoms with Crippen molar-refractivity contribution in [1.29, 1.82) is 0 Å². The van der Waals surface area contributed by atoms with E-state index in [-0.39, 0.29) is 51.3 Å². The first-order valence-electron chi connectivity index (χ1n) is 15.5. The highest BCUT2D eigenvalue weighted by Crippen LogP contribution is 2.32. The molecule has 250 valence electrons. The molecule has 3 N–H and O–H groups in total. The van der Waals surface area contributed by atoms with Gasteiger partial charge in [-0.2, -0.15) is 0 Å². The highest BCUT2D eigenvalue weighted by Gasteiger charge is 2.32. The zero-order chi connectivity index (χ0) is 34.1. The Kier molecular flexibility index (Phi) is 12.5. The van der Waals surface area contributed by atoms with E-state index in [4.69, 9.17) is 32.7 Å². The minimum atomic E-state index is -1.05. The highest BCUT2D eigenvalue weighted by molar-refractivity contribution is 6.40. The number of esters is 1. The summed E-state index contributed by atoms with van der Waals surface area (Å²) < 4.78 is 10.5. The quantitative estimate of drug-likeness (QED) is 0.182. The molecule has 4 rings (SSSR count). The molecule has 0 radical (unpaired) electrons. The average Bonchev–Trinajstić information content (AvgIpc) is 3.05. The number of urea groups is 1. The molecule has 3 aromatic carbocycles. The van der Waals surface area contributed by atoms with Crippen LogP contribution in [0, 0.1) is 0 Å². The summed E-state index contributed by atoms with van der Waals surface area (Å²) in [5.41, 5.74) is 1.83. The molecule has 0 heterocycles. The second-order valence-electron chi connectivity index (χ2n) is 11.6. The molecule has 0 saturated heterocycles. The van der Waals surface area contributed by atoms with Crippen molar-refractivity contribution in [2.75, 3.05) is 24.9 Å². The van der Waals surface area contributed by atoms with Crippen LogP contribution < -0.4 is 20.7 Å². The van der Waals surface area contributed by atoms with Gasteiger partial charge in [0, 0.05) is 24.2 Å². The number of halogens is 2. The smallest absolute Gasteiger partial charge is 0.328 e. The summed E-state index contributed by atoms with van der Waals surface area (Å²) in [4.78, 5) is 54.7. The first-order chi connectivity index (χ1) is 22.5. The first-order valence-corrected chi connectivity index (χ1v) is 16.3. The SMILES string of the molecule is COC(=O)[C@H](Cc1ccc(NC(=O)c2c(Cl)cccc2Cl)cc1)NC(=O)Nc1cccc(OC)c1C(=O)N(C(C)C)C1CCCCC1. The lowest BCUT2D eigenvalue weighted by Crippen LogP contribution is -2.47. The van der Waals surface area contributed by atoms with Gasteiger partial charge in [-0.05, 0) is 68.7 Å². The molecule has 1 aliphatic carbocycles. The Labute approximate surface area is 285 Å². The van der Waals surface area contributed by atoms with Crippen molar-refractivity contribution < 1.29 is 28.7 Å². The summed E-state index contributed by atoms with van der Waals surface area (Å²) in [5, 5.41) is 8.64. The van der Waals surface area contributed by atoms with E-state index < -0.39 is 23.9 Å². The fraction of sp³-hybridized carbons (Fsp3) is 0.371. The van der Waals surface area contributed by atoms with Gasteiger partial charge in [0.05, 0.1) is 35.5 Å². The number of nitrogens with one attached hydrogen (secondary N) is 3. The van der Waals surface area contributed by atoms with Crippen molar-refractivity contribution in [2.45, 2.75) is 70.5 Å². The Morgan fingerprint density at radius 2 is 1.49 bits per heavy atom. The monoisotopic (exact) mass is 682 g/mol. The number of benzene rings is 3. The van der Waals surface area contributed by atoms with Crippen LogP contribution in [0.5, 0.6) is 5.75 Å². The number of ether oxygens (including phenoxy) is 2. The van der Waals surface area contributed by atoms with Gasteiger partial charge in [0.15, 0.2) is 0 Å². The maximum atomic E-state index is 14.1. The predicted octanol–water partition coefficient (Wildman–Crippen LogP) is 7.34. The van der Waals surface area contributed by atoms with Gasteiger partial charge >= 0.3 is 12.0 Å². The van der Waals surface area contributed by atoms with E-state index in [1.165, 1.54) is 14.2 Å². The standard InChI is InChI=1S/C35H40Cl2N4O6/c1-21(2)41(24-10-6-5-7-11-24)33(43)31-27(14-9-15-29(31)46-3)39-35(45)40-28(34(44)47-4)20-22-16-18-23(19-17-22)38-32(42)30-25(36)12-8-13-26(30)37/h8-9,12-19,21,24,28H,5-7,10-11,20H2,1-4H3,(H,38,42)(H2,39,40,45)/t28-/m0/s1. The van der Waals surface area contributed by atoms with Crippen molar-refractivity contribution in [2.24, 2.45) is 0 Å². The van der Waals surface area contributed by atoms with E-state index in [1.807, 2.05) is 18.7 Å². The normalized spacial score (nSPS) is 13.8. The molecule has 1 atom stereocenters. The van der Waals surface area contributed by atoms with Crippen LogP contribution in [0.3, 0.4) is 0 Å². The highest BCUT2D eigenvalue weighted by atomic mass is 35.5. The summed E-state index contributed by atoms with van der Waals surface area (Å²) in [6.45, 7) is 3.97. The largest absolute Gasteiger partial charge is 0.496 e. The minimum absolute atomic E-state index is 0.0606. The van der Waals surface area contributed by atoms with Crippen LogP contribution in [0.4, 0.5) is 16.2 Å². The molecular formula is C35H40Cl2N4O6. The second kappa shape index (κ2) is 16.5. The maximum absolute atomic E-state index is 14.1. The summed E-state index contributed by atoms with van der Waals surface area (Å²) in [7, 11) is 2.71. The molecule has 47 heavy (non-hydrogen) atoms. The van der Waals surface area contributed by atoms with Crippen molar-refractivity contribution >= 4 is 58.4 Å². The Morgan fingerprint density at radius 1 is 0.851 bits per heavy atom. The van der Waals surface area contributed by atoms with Crippen LogP contribution in [0.25, 0.3) is 0 Å². The molecule has 0 unspecified atom stereocenters. The van der Waals surface area contributed by atoms with Crippen LogP contribution in [0.2, 0.25) is 10.0 Å². The number of hydrogen-bond donors (Lipinski definition) is 3. The fourth-order valence-corrected chi connectivity index (χ4v) is 6.43. The van der Waals surface area contributed by atoms with Gasteiger partial charge in [-0.25, -0.2) is 9.59 Å². The number of rotatable bonds is 11. The van der Waals surface area contributed by atoms with E-state index >= 15 is 0 Å². The van der Waals surface area contributed by atoms with Gasteiger partial charge in [-0.3, -0.25) is 9.59 Å².